The highest BCUT2D eigenvalue weighted by Crippen LogP contribution is 2.21. The van der Waals surface area contributed by atoms with E-state index in [1.807, 2.05) is 24.7 Å². The lowest BCUT2D eigenvalue weighted by molar-refractivity contribution is 0.804. The molecular formula is C16H16N4. The highest BCUT2D eigenvalue weighted by molar-refractivity contribution is 5.61. The molecule has 2 aromatic heterocycles. The Morgan fingerprint density at radius 1 is 1.20 bits per heavy atom. The molecule has 0 bridgehead atoms. The van der Waals surface area contributed by atoms with Crippen molar-refractivity contribution in [1.82, 2.24) is 14.5 Å². The molecule has 0 aliphatic carbocycles. The number of aromatic nitrogens is 3. The van der Waals surface area contributed by atoms with Gasteiger partial charge in [-0.25, -0.2) is 9.97 Å². The van der Waals surface area contributed by atoms with E-state index < -0.39 is 0 Å². The summed E-state index contributed by atoms with van der Waals surface area (Å²) in [6, 6.07) is 12.3. The Hall–Kier alpha value is -2.62. The quantitative estimate of drug-likeness (QED) is 0.791. The van der Waals surface area contributed by atoms with E-state index in [4.69, 9.17) is 5.73 Å². The first-order chi connectivity index (χ1) is 9.72. The van der Waals surface area contributed by atoms with Crippen LogP contribution >= 0.6 is 0 Å². The van der Waals surface area contributed by atoms with Gasteiger partial charge in [-0.05, 0) is 24.6 Å². The summed E-state index contributed by atoms with van der Waals surface area (Å²) in [5.74, 6) is 0.519. The first-order valence-corrected chi connectivity index (χ1v) is 6.50. The summed E-state index contributed by atoms with van der Waals surface area (Å²) in [5, 5.41) is 0. The van der Waals surface area contributed by atoms with E-state index >= 15 is 0 Å². The molecule has 0 aliphatic rings. The van der Waals surface area contributed by atoms with Gasteiger partial charge in [0.25, 0.3) is 0 Å². The second kappa shape index (κ2) is 5.17. The van der Waals surface area contributed by atoms with E-state index in [-0.39, 0.29) is 0 Å². The zero-order valence-electron chi connectivity index (χ0n) is 11.3. The first kappa shape index (κ1) is 12.4. The fourth-order valence-electron chi connectivity index (χ4n) is 2.30. The largest absolute Gasteiger partial charge is 0.384 e. The van der Waals surface area contributed by atoms with E-state index in [0.717, 1.165) is 17.8 Å². The molecule has 0 aliphatic heterocycles. The number of nitrogens with zero attached hydrogens (tertiary/aromatic N) is 3. The molecule has 0 fully saturated rings. The molecular weight excluding hydrogens is 248 g/mol. The number of nitrogens with two attached hydrogens (primary N) is 1. The summed E-state index contributed by atoms with van der Waals surface area (Å²) in [5.41, 5.74) is 10.3. The van der Waals surface area contributed by atoms with E-state index in [0.29, 0.717) is 5.82 Å². The van der Waals surface area contributed by atoms with Crippen molar-refractivity contribution in [2.24, 2.45) is 0 Å². The highest BCUT2D eigenvalue weighted by atomic mass is 15.0. The fourth-order valence-corrected chi connectivity index (χ4v) is 2.30. The van der Waals surface area contributed by atoms with Gasteiger partial charge in [-0.2, -0.15) is 0 Å². The van der Waals surface area contributed by atoms with Crippen molar-refractivity contribution in [3.05, 3.63) is 66.2 Å². The number of hydrogen-bond acceptors (Lipinski definition) is 3. The van der Waals surface area contributed by atoms with Crippen molar-refractivity contribution in [1.29, 1.82) is 0 Å². The van der Waals surface area contributed by atoms with Crippen LogP contribution in [0.1, 0.15) is 11.1 Å². The van der Waals surface area contributed by atoms with Crippen molar-refractivity contribution >= 4 is 5.82 Å². The smallest absolute Gasteiger partial charge is 0.123 e. The van der Waals surface area contributed by atoms with Crippen LogP contribution in [0.25, 0.3) is 11.3 Å². The van der Waals surface area contributed by atoms with Gasteiger partial charge in [0.2, 0.25) is 0 Å². The third-order valence-electron chi connectivity index (χ3n) is 3.22. The molecule has 0 atom stereocenters. The highest BCUT2D eigenvalue weighted by Gasteiger charge is 2.06. The molecule has 4 nitrogen and oxygen atoms in total. The van der Waals surface area contributed by atoms with Gasteiger partial charge < -0.3 is 10.3 Å². The van der Waals surface area contributed by atoms with Crippen LogP contribution in [0, 0.1) is 6.92 Å². The second-order valence-electron chi connectivity index (χ2n) is 4.87. The molecule has 4 heteroatoms. The number of aryl methyl sites for hydroxylation is 1. The zero-order valence-corrected chi connectivity index (χ0v) is 11.3. The van der Waals surface area contributed by atoms with Crippen LogP contribution < -0.4 is 5.73 Å². The van der Waals surface area contributed by atoms with Gasteiger partial charge in [-0.15, -0.1) is 0 Å². The van der Waals surface area contributed by atoms with Gasteiger partial charge in [-0.3, -0.25) is 0 Å². The van der Waals surface area contributed by atoms with Gasteiger partial charge in [0, 0.05) is 18.3 Å². The maximum atomic E-state index is 5.75. The number of benzene rings is 1. The molecule has 2 heterocycles. The van der Waals surface area contributed by atoms with Crippen molar-refractivity contribution in [2.75, 3.05) is 5.73 Å². The molecule has 3 aromatic rings. The minimum Gasteiger partial charge on any atom is -0.384 e. The van der Waals surface area contributed by atoms with E-state index in [2.05, 4.69) is 45.7 Å². The van der Waals surface area contributed by atoms with Crippen LogP contribution in [0.4, 0.5) is 5.82 Å². The topological polar surface area (TPSA) is 56.7 Å². The monoisotopic (exact) mass is 264 g/mol. The number of hydrogen-bond donors (Lipinski definition) is 1. The van der Waals surface area contributed by atoms with Gasteiger partial charge in [0.1, 0.15) is 5.82 Å². The molecule has 2 N–H and O–H groups in total. The van der Waals surface area contributed by atoms with Gasteiger partial charge in [-0.1, -0.05) is 29.8 Å². The Morgan fingerprint density at radius 3 is 2.90 bits per heavy atom. The summed E-state index contributed by atoms with van der Waals surface area (Å²) >= 11 is 0. The lowest BCUT2D eigenvalue weighted by Crippen LogP contribution is -2.01. The van der Waals surface area contributed by atoms with E-state index in [1.54, 1.807) is 6.20 Å². The molecule has 0 saturated carbocycles. The summed E-state index contributed by atoms with van der Waals surface area (Å²) in [6.07, 6.45) is 5.41. The van der Waals surface area contributed by atoms with Crippen LogP contribution in [0.3, 0.4) is 0 Å². The summed E-state index contributed by atoms with van der Waals surface area (Å²) in [6.45, 7) is 2.89. The zero-order chi connectivity index (χ0) is 13.9. The molecule has 0 amide bonds. The maximum Gasteiger partial charge on any atom is 0.123 e. The Morgan fingerprint density at radius 2 is 2.10 bits per heavy atom. The average Bonchev–Trinajstić information content (AvgIpc) is 2.87. The number of rotatable bonds is 3. The summed E-state index contributed by atoms with van der Waals surface area (Å²) in [4.78, 5) is 8.27. The average molecular weight is 264 g/mol. The lowest BCUT2D eigenvalue weighted by atomic mass is 10.1. The predicted octanol–water partition coefficient (Wildman–Crippen LogP) is 2.88. The van der Waals surface area contributed by atoms with Crippen molar-refractivity contribution in [3.63, 3.8) is 0 Å². The van der Waals surface area contributed by atoms with Gasteiger partial charge in [0.05, 0.1) is 18.2 Å². The summed E-state index contributed by atoms with van der Waals surface area (Å²) < 4.78 is 2.11. The number of anilines is 1. The molecule has 1 aromatic carbocycles. The second-order valence-corrected chi connectivity index (χ2v) is 4.87. The Labute approximate surface area is 117 Å². The van der Waals surface area contributed by atoms with Gasteiger partial charge in [0.15, 0.2) is 0 Å². The number of imidazole rings is 1. The van der Waals surface area contributed by atoms with Crippen molar-refractivity contribution < 1.29 is 0 Å². The van der Waals surface area contributed by atoms with E-state index in [1.165, 1.54) is 11.1 Å². The SMILES string of the molecule is Cc1cccc(Cn2cncc2-c2ccnc(N)c2)c1. The predicted molar refractivity (Wildman–Crippen MR) is 80.2 cm³/mol. The molecule has 0 unspecified atom stereocenters. The molecule has 0 radical (unpaired) electrons. The number of nitrogen functional groups attached to an aromatic ring is 1. The van der Waals surface area contributed by atoms with Crippen molar-refractivity contribution in [2.45, 2.75) is 13.5 Å². The first-order valence-electron chi connectivity index (χ1n) is 6.50. The van der Waals surface area contributed by atoms with Gasteiger partial charge >= 0.3 is 0 Å². The third kappa shape index (κ3) is 2.54. The minimum absolute atomic E-state index is 0.519. The maximum absolute atomic E-state index is 5.75. The third-order valence-corrected chi connectivity index (χ3v) is 3.22. The summed E-state index contributed by atoms with van der Waals surface area (Å²) in [7, 11) is 0. The lowest BCUT2D eigenvalue weighted by Gasteiger charge is -2.09. The molecule has 0 saturated heterocycles. The standard InChI is InChI=1S/C16H16N4/c1-12-3-2-4-13(7-12)10-20-11-18-9-15(20)14-5-6-19-16(17)8-14/h2-9,11H,10H2,1H3,(H2,17,19). The van der Waals surface area contributed by atoms with Crippen LogP contribution in [-0.2, 0) is 6.54 Å². The molecule has 3 rings (SSSR count). The molecule has 20 heavy (non-hydrogen) atoms. The Balaban J connectivity index is 1.94. The normalized spacial score (nSPS) is 10.7. The van der Waals surface area contributed by atoms with Crippen molar-refractivity contribution in [3.8, 4) is 11.3 Å². The van der Waals surface area contributed by atoms with E-state index in [9.17, 15) is 0 Å². The molecule has 0 spiro atoms. The van der Waals surface area contributed by atoms with Crippen LogP contribution in [0.15, 0.2) is 55.1 Å². The Kier molecular flexibility index (Phi) is 3.21. The van der Waals surface area contributed by atoms with Crippen LogP contribution in [0.5, 0.6) is 0 Å². The number of pyridine rings is 1. The van der Waals surface area contributed by atoms with Crippen LogP contribution in [-0.4, -0.2) is 14.5 Å². The Bertz CT molecular complexity index is 731. The van der Waals surface area contributed by atoms with Crippen LogP contribution in [0.2, 0.25) is 0 Å². The molecule has 100 valence electrons. The fraction of sp³-hybridized carbons (Fsp3) is 0.125. The minimum atomic E-state index is 0.519.